The van der Waals surface area contributed by atoms with Crippen LogP contribution < -0.4 is 10.5 Å². The van der Waals surface area contributed by atoms with Gasteiger partial charge in [0.25, 0.3) is 0 Å². The van der Waals surface area contributed by atoms with Gasteiger partial charge in [-0.15, -0.1) is 0 Å². The first-order chi connectivity index (χ1) is 7.33. The van der Waals surface area contributed by atoms with Gasteiger partial charge in [-0.25, -0.2) is 13.1 Å². The second-order valence-electron chi connectivity index (χ2n) is 3.83. The first-order valence-corrected chi connectivity index (χ1v) is 8.42. The summed E-state index contributed by atoms with van der Waals surface area (Å²) < 4.78 is 37.2. The lowest BCUT2D eigenvalue weighted by Crippen LogP contribution is -2.46. The molecule has 1 fully saturated rings. The van der Waals surface area contributed by atoms with Gasteiger partial charge in [-0.05, 0) is 19.8 Å². The minimum absolute atomic E-state index is 0.0353. The standard InChI is InChI=1S/C8H16N2O3S3/c1-6(8(9)14)16(12,13)10-7-2-4-15(11)5-3-7/h6-7,10H,2-5H2,1H3,(H2,9,14). The third-order valence-corrected chi connectivity index (χ3v) is 6.32. The summed E-state index contributed by atoms with van der Waals surface area (Å²) >= 11 is 4.66. The first kappa shape index (κ1) is 14.0. The summed E-state index contributed by atoms with van der Waals surface area (Å²) in [5.41, 5.74) is 5.31. The minimum Gasteiger partial charge on any atom is -0.392 e. The molecule has 8 heteroatoms. The number of nitrogens with one attached hydrogen (secondary N) is 1. The van der Waals surface area contributed by atoms with E-state index in [4.69, 9.17) is 5.73 Å². The number of thiocarbonyl (C=S) groups is 1. The Morgan fingerprint density at radius 1 is 1.50 bits per heavy atom. The molecule has 0 amide bonds. The van der Waals surface area contributed by atoms with Crippen molar-refractivity contribution in [2.24, 2.45) is 5.73 Å². The maximum absolute atomic E-state index is 11.8. The van der Waals surface area contributed by atoms with Crippen LogP contribution in [0, 0.1) is 0 Å². The Hall–Kier alpha value is -0.0500. The van der Waals surface area contributed by atoms with E-state index in [2.05, 4.69) is 16.9 Å². The van der Waals surface area contributed by atoms with E-state index >= 15 is 0 Å². The first-order valence-electron chi connectivity index (χ1n) is 4.98. The highest BCUT2D eigenvalue weighted by Crippen LogP contribution is 2.11. The van der Waals surface area contributed by atoms with Crippen LogP contribution in [0.2, 0.25) is 0 Å². The van der Waals surface area contributed by atoms with Gasteiger partial charge in [0.1, 0.15) is 5.25 Å². The summed E-state index contributed by atoms with van der Waals surface area (Å²) in [6, 6.07) is -0.139. The number of rotatable bonds is 4. The highest BCUT2D eigenvalue weighted by molar-refractivity contribution is 7.93. The number of sulfonamides is 1. The Kier molecular flexibility index (Phi) is 4.84. The molecule has 1 aliphatic rings. The molecule has 1 rings (SSSR count). The van der Waals surface area contributed by atoms with E-state index in [1.54, 1.807) is 0 Å². The Labute approximate surface area is 104 Å². The van der Waals surface area contributed by atoms with Gasteiger partial charge in [-0.1, -0.05) is 12.2 Å². The van der Waals surface area contributed by atoms with Crippen molar-refractivity contribution in [3.63, 3.8) is 0 Å². The maximum Gasteiger partial charge on any atom is 0.220 e. The van der Waals surface area contributed by atoms with Crippen LogP contribution in [-0.2, 0) is 20.8 Å². The minimum atomic E-state index is -3.49. The fraction of sp³-hybridized carbons (Fsp3) is 0.875. The molecule has 0 spiro atoms. The lowest BCUT2D eigenvalue weighted by atomic mass is 10.2. The second-order valence-corrected chi connectivity index (χ2v) is 8.03. The van der Waals surface area contributed by atoms with Crippen molar-refractivity contribution in [1.29, 1.82) is 0 Å². The Morgan fingerprint density at radius 3 is 2.44 bits per heavy atom. The SMILES string of the molecule is CC(C(N)=S)S(=O)(=O)NC1CCS(=O)CC1. The summed E-state index contributed by atoms with van der Waals surface area (Å²) in [7, 11) is -4.29. The summed E-state index contributed by atoms with van der Waals surface area (Å²) in [6.45, 7) is 1.46. The average molecular weight is 284 g/mol. The largest absolute Gasteiger partial charge is 0.392 e. The number of hydrogen-bond donors (Lipinski definition) is 2. The highest BCUT2D eigenvalue weighted by atomic mass is 32.2. The van der Waals surface area contributed by atoms with Gasteiger partial charge in [0.15, 0.2) is 0 Å². The van der Waals surface area contributed by atoms with Crippen LogP contribution in [0.3, 0.4) is 0 Å². The van der Waals surface area contributed by atoms with E-state index in [1.165, 1.54) is 6.92 Å². The van der Waals surface area contributed by atoms with E-state index in [0.717, 1.165) is 0 Å². The molecule has 1 saturated heterocycles. The fourth-order valence-electron chi connectivity index (χ4n) is 1.40. The zero-order valence-corrected chi connectivity index (χ0v) is 11.5. The second kappa shape index (κ2) is 5.52. The van der Waals surface area contributed by atoms with Crippen LogP contribution in [0.4, 0.5) is 0 Å². The molecular formula is C8H16N2O3S3. The third-order valence-electron chi connectivity index (χ3n) is 2.59. The van der Waals surface area contributed by atoms with Gasteiger partial charge in [0, 0.05) is 28.3 Å². The van der Waals surface area contributed by atoms with Crippen LogP contribution >= 0.6 is 12.2 Å². The Balaban J connectivity index is 2.60. The molecule has 5 nitrogen and oxygen atoms in total. The summed E-state index contributed by atoms with van der Waals surface area (Å²) in [6.07, 6.45) is 1.21. The van der Waals surface area contributed by atoms with Crippen LogP contribution in [0.25, 0.3) is 0 Å². The molecule has 0 saturated carbocycles. The molecule has 0 aromatic heterocycles. The fourth-order valence-corrected chi connectivity index (χ4v) is 4.29. The zero-order chi connectivity index (χ0) is 12.3. The Bertz CT molecular complexity index is 383. The molecule has 3 N–H and O–H groups in total. The molecule has 1 aliphatic heterocycles. The predicted octanol–water partition coefficient (Wildman–Crippen LogP) is -0.508. The molecular weight excluding hydrogens is 268 g/mol. The molecule has 94 valence electrons. The summed E-state index contributed by atoms with van der Waals surface area (Å²) in [5, 5.41) is -0.866. The van der Waals surface area contributed by atoms with Crippen LogP contribution in [0.1, 0.15) is 19.8 Å². The molecule has 0 aliphatic carbocycles. The van der Waals surface area contributed by atoms with Crippen LogP contribution in [0.5, 0.6) is 0 Å². The molecule has 0 bridgehead atoms. The van der Waals surface area contributed by atoms with Crippen molar-refractivity contribution in [3.8, 4) is 0 Å². The predicted molar refractivity (Wildman–Crippen MR) is 69.2 cm³/mol. The van der Waals surface area contributed by atoms with Gasteiger partial charge < -0.3 is 5.73 Å². The number of hydrogen-bond acceptors (Lipinski definition) is 4. The van der Waals surface area contributed by atoms with Crippen molar-refractivity contribution < 1.29 is 12.6 Å². The molecule has 1 unspecified atom stereocenters. The lowest BCUT2D eigenvalue weighted by molar-refractivity contribution is 0.520. The van der Waals surface area contributed by atoms with Gasteiger partial charge >= 0.3 is 0 Å². The normalized spacial score (nSPS) is 28.6. The Morgan fingerprint density at radius 2 is 2.00 bits per heavy atom. The summed E-state index contributed by atoms with van der Waals surface area (Å²) in [4.78, 5) is -0.0353. The highest BCUT2D eigenvalue weighted by Gasteiger charge is 2.28. The molecule has 1 heterocycles. The monoisotopic (exact) mass is 284 g/mol. The van der Waals surface area contributed by atoms with Crippen molar-refractivity contribution >= 4 is 38.0 Å². The van der Waals surface area contributed by atoms with Crippen molar-refractivity contribution in [3.05, 3.63) is 0 Å². The van der Waals surface area contributed by atoms with E-state index < -0.39 is 26.1 Å². The zero-order valence-electron chi connectivity index (χ0n) is 9.01. The van der Waals surface area contributed by atoms with Crippen LogP contribution in [-0.4, -0.2) is 40.4 Å². The van der Waals surface area contributed by atoms with E-state index in [1.807, 2.05) is 0 Å². The van der Waals surface area contributed by atoms with Gasteiger partial charge in [-0.3, -0.25) is 4.21 Å². The lowest BCUT2D eigenvalue weighted by Gasteiger charge is -2.24. The molecule has 0 aromatic rings. The molecule has 1 atom stereocenters. The maximum atomic E-state index is 11.8. The van der Waals surface area contributed by atoms with E-state index in [0.29, 0.717) is 24.3 Å². The van der Waals surface area contributed by atoms with Crippen molar-refractivity contribution in [2.45, 2.75) is 31.1 Å². The van der Waals surface area contributed by atoms with Gasteiger partial charge in [0.05, 0.1) is 4.99 Å². The average Bonchev–Trinajstić information content (AvgIpc) is 2.20. The van der Waals surface area contributed by atoms with Crippen molar-refractivity contribution in [2.75, 3.05) is 11.5 Å². The smallest absolute Gasteiger partial charge is 0.220 e. The quantitative estimate of drug-likeness (QED) is 0.679. The number of nitrogens with two attached hydrogens (primary N) is 1. The molecule has 0 aromatic carbocycles. The van der Waals surface area contributed by atoms with Gasteiger partial charge in [0.2, 0.25) is 10.0 Å². The molecule has 0 radical (unpaired) electrons. The third kappa shape index (κ3) is 3.76. The van der Waals surface area contributed by atoms with E-state index in [-0.39, 0.29) is 11.0 Å². The van der Waals surface area contributed by atoms with Gasteiger partial charge in [-0.2, -0.15) is 0 Å². The van der Waals surface area contributed by atoms with Crippen LogP contribution in [0.15, 0.2) is 0 Å². The van der Waals surface area contributed by atoms with E-state index in [9.17, 15) is 12.6 Å². The topological polar surface area (TPSA) is 89.3 Å². The van der Waals surface area contributed by atoms with Crippen molar-refractivity contribution in [1.82, 2.24) is 4.72 Å². The molecule has 16 heavy (non-hydrogen) atoms. The summed E-state index contributed by atoms with van der Waals surface area (Å²) in [5.74, 6) is 1.10.